The van der Waals surface area contributed by atoms with Crippen molar-refractivity contribution in [2.24, 2.45) is 23.7 Å². The quantitative estimate of drug-likeness (QED) is 0.0528. The van der Waals surface area contributed by atoms with Crippen LogP contribution in [-0.4, -0.2) is 125 Å². The molecule has 6 amide bonds. The molecule has 0 radical (unpaired) electrons. The lowest BCUT2D eigenvalue weighted by Gasteiger charge is -2.40. The lowest BCUT2D eigenvalue weighted by Crippen LogP contribution is -2.58. The zero-order valence-corrected chi connectivity index (χ0v) is 41.7. The van der Waals surface area contributed by atoms with Crippen molar-refractivity contribution in [1.29, 1.82) is 0 Å². The second kappa shape index (κ2) is 27.4. The number of nitrogens with one attached hydrogen (secondary N) is 5. The molecule has 67 heavy (non-hydrogen) atoms. The van der Waals surface area contributed by atoms with Crippen LogP contribution in [0.3, 0.4) is 0 Å². The molecule has 2 aromatic rings. The van der Waals surface area contributed by atoms with E-state index in [1.807, 2.05) is 46.6 Å². The minimum Gasteiger partial charge on any atom is -0.481 e. The molecule has 372 valence electrons. The van der Waals surface area contributed by atoms with Crippen molar-refractivity contribution in [2.75, 3.05) is 32.0 Å². The van der Waals surface area contributed by atoms with Gasteiger partial charge in [0, 0.05) is 43.0 Å². The van der Waals surface area contributed by atoms with Crippen LogP contribution in [0.5, 0.6) is 0 Å². The SMILES string of the molecule is CCCN(C(=O)[C@@H](NC(=O)[C@H]1CCCCN1C)[C@@H](C)CC)[C@H](C[C@@H](OC(C)=O)c1nc(C(=O)N[C@@H](Cc2ccc(NC(=O)CNC(=O)[C@@H](NC=O)C(C)C)cc2)CC(C)C(=O)O)cs1)C(C)C. The van der Waals surface area contributed by atoms with Crippen LogP contribution in [0.1, 0.15) is 134 Å². The van der Waals surface area contributed by atoms with Gasteiger partial charge in [-0.15, -0.1) is 11.3 Å². The predicted molar refractivity (Wildman–Crippen MR) is 256 cm³/mol. The Labute approximate surface area is 399 Å². The lowest BCUT2D eigenvalue weighted by molar-refractivity contribution is -0.150. The molecule has 2 heterocycles. The lowest BCUT2D eigenvalue weighted by atomic mass is 9.92. The largest absolute Gasteiger partial charge is 0.481 e. The number of hydrogen-bond acceptors (Lipinski definition) is 12. The number of rotatable bonds is 27. The van der Waals surface area contributed by atoms with Crippen LogP contribution in [0.15, 0.2) is 29.6 Å². The third kappa shape index (κ3) is 17.3. The van der Waals surface area contributed by atoms with E-state index >= 15 is 0 Å². The normalized spacial score (nSPS) is 17.2. The Hall–Kier alpha value is -5.43. The molecule has 1 aliphatic rings. The minimum absolute atomic E-state index is 0.0479. The highest BCUT2D eigenvalue weighted by atomic mass is 32.1. The summed E-state index contributed by atoms with van der Waals surface area (Å²) in [5, 5.41) is 25.4. The number of ether oxygens (including phenoxy) is 1. The number of carboxylic acids is 1. The second-order valence-corrected chi connectivity index (χ2v) is 19.3. The number of piperidine rings is 1. The fourth-order valence-corrected chi connectivity index (χ4v) is 9.07. The van der Waals surface area contributed by atoms with E-state index in [0.717, 1.165) is 42.7 Å². The van der Waals surface area contributed by atoms with Crippen LogP contribution in [0.25, 0.3) is 0 Å². The zero-order chi connectivity index (χ0) is 50.0. The van der Waals surface area contributed by atoms with Crippen molar-refractivity contribution >= 4 is 64.9 Å². The third-order valence-corrected chi connectivity index (χ3v) is 13.2. The number of carboxylic acid groups (broad SMARTS) is 1. The molecule has 1 fully saturated rings. The van der Waals surface area contributed by atoms with Gasteiger partial charge in [0.15, 0.2) is 6.10 Å². The maximum absolute atomic E-state index is 14.7. The molecule has 6 N–H and O–H groups in total. The Balaban J connectivity index is 1.80. The molecule has 1 aliphatic heterocycles. The van der Waals surface area contributed by atoms with E-state index in [1.54, 1.807) is 55.3 Å². The Morgan fingerprint density at radius 1 is 0.955 bits per heavy atom. The molecule has 0 bridgehead atoms. The topological polar surface area (TPSA) is 246 Å². The fraction of sp³-hybridized carbons (Fsp3) is 0.646. The van der Waals surface area contributed by atoms with Crippen LogP contribution in [0, 0.1) is 23.7 Å². The Bertz CT molecular complexity index is 1980. The summed E-state index contributed by atoms with van der Waals surface area (Å²) in [5.41, 5.74) is 1.23. The van der Waals surface area contributed by atoms with E-state index in [9.17, 15) is 43.5 Å². The predicted octanol–water partition coefficient (Wildman–Crippen LogP) is 4.69. The van der Waals surface area contributed by atoms with Crippen molar-refractivity contribution in [2.45, 2.75) is 150 Å². The number of hydrogen-bond donors (Lipinski definition) is 6. The van der Waals surface area contributed by atoms with Gasteiger partial charge in [0.05, 0.1) is 18.5 Å². The van der Waals surface area contributed by atoms with E-state index in [1.165, 1.54) is 6.92 Å². The number of benzene rings is 1. The molecular weight excluding hydrogens is 881 g/mol. The average Bonchev–Trinajstić information content (AvgIpc) is 3.78. The smallest absolute Gasteiger partial charge is 0.306 e. The molecule has 1 aromatic heterocycles. The van der Waals surface area contributed by atoms with Gasteiger partial charge in [0.1, 0.15) is 22.8 Å². The summed E-state index contributed by atoms with van der Waals surface area (Å²) < 4.78 is 5.87. The summed E-state index contributed by atoms with van der Waals surface area (Å²) in [7, 11) is 1.93. The third-order valence-electron chi connectivity index (χ3n) is 12.3. The molecule has 0 saturated carbocycles. The van der Waals surface area contributed by atoms with Crippen molar-refractivity contribution in [3.05, 3.63) is 45.9 Å². The molecule has 0 aliphatic carbocycles. The van der Waals surface area contributed by atoms with Crippen molar-refractivity contribution < 1.29 is 48.2 Å². The van der Waals surface area contributed by atoms with E-state index in [4.69, 9.17) is 4.74 Å². The summed E-state index contributed by atoms with van der Waals surface area (Å²) in [6, 6.07) is 3.83. The summed E-state index contributed by atoms with van der Waals surface area (Å²) in [6.45, 7) is 17.2. The van der Waals surface area contributed by atoms with Crippen molar-refractivity contribution in [3.63, 3.8) is 0 Å². The number of thiazole rings is 1. The minimum atomic E-state index is -1.03. The van der Waals surface area contributed by atoms with Crippen LogP contribution in [0.2, 0.25) is 0 Å². The summed E-state index contributed by atoms with van der Waals surface area (Å²) in [4.78, 5) is 111. The van der Waals surface area contributed by atoms with Gasteiger partial charge < -0.3 is 41.3 Å². The highest BCUT2D eigenvalue weighted by Gasteiger charge is 2.39. The summed E-state index contributed by atoms with van der Waals surface area (Å²) >= 11 is 1.14. The Morgan fingerprint density at radius 2 is 1.64 bits per heavy atom. The maximum Gasteiger partial charge on any atom is 0.306 e. The molecular formula is C48H74N8O10S. The average molecular weight is 955 g/mol. The summed E-state index contributed by atoms with van der Waals surface area (Å²) in [6.07, 6.45) is 4.04. The van der Waals surface area contributed by atoms with E-state index in [0.29, 0.717) is 36.5 Å². The van der Waals surface area contributed by atoms with Gasteiger partial charge in [0.25, 0.3) is 5.91 Å². The first-order valence-corrected chi connectivity index (χ1v) is 24.4. The first-order chi connectivity index (χ1) is 31.7. The van der Waals surface area contributed by atoms with Crippen LogP contribution in [-0.2, 0) is 44.7 Å². The number of aromatic nitrogens is 1. The van der Waals surface area contributed by atoms with Gasteiger partial charge in [-0.1, -0.05) is 80.4 Å². The number of anilines is 1. The molecule has 8 atom stereocenters. The number of likely N-dealkylation sites (tertiary alicyclic amines) is 1. The van der Waals surface area contributed by atoms with Crippen molar-refractivity contribution in [1.82, 2.24) is 36.1 Å². The zero-order valence-electron chi connectivity index (χ0n) is 40.9. The molecule has 0 spiro atoms. The summed E-state index contributed by atoms with van der Waals surface area (Å²) in [5.74, 6) is -4.73. The number of esters is 1. The number of likely N-dealkylation sites (N-methyl/N-ethyl adjacent to an activating group) is 1. The van der Waals surface area contributed by atoms with E-state index < -0.39 is 65.8 Å². The molecule has 1 saturated heterocycles. The first kappa shape index (κ1) is 55.9. The van der Waals surface area contributed by atoms with Gasteiger partial charge in [-0.3, -0.25) is 43.3 Å². The highest BCUT2D eigenvalue weighted by Crippen LogP contribution is 2.32. The van der Waals surface area contributed by atoms with Crippen LogP contribution < -0.4 is 26.6 Å². The molecule has 1 unspecified atom stereocenters. The van der Waals surface area contributed by atoms with Gasteiger partial charge >= 0.3 is 11.9 Å². The monoisotopic (exact) mass is 955 g/mol. The van der Waals surface area contributed by atoms with E-state index in [-0.39, 0.29) is 67.1 Å². The standard InChI is InChI=1S/C48H74N8O10S/c1-11-20-56(47(63)42(30(7)12-2)54-44(61)37-15-13-14-21-55(37)10)38(28(3)4)24-39(66-32(9)58)46-53-36(26-67-46)43(60)52-35(22-31(8)48(64)65)23-33-16-18-34(19-17-33)51-40(59)25-49-45(62)41(29(5)6)50-27-57/h16-19,26-31,35,37-39,41-42H,11-15,20-25H2,1-10H3,(H,49,62)(H,50,57)(H,51,59)(H,52,60)(H,54,61)(H,64,65)/t30-,31?,35+,37+,38+,39+,41-,42-/m0/s1. The molecule has 3 rings (SSSR count). The number of aliphatic carboxylic acids is 1. The van der Waals surface area contributed by atoms with Crippen LogP contribution in [0.4, 0.5) is 5.69 Å². The first-order valence-electron chi connectivity index (χ1n) is 23.5. The molecule has 19 heteroatoms. The van der Waals surface area contributed by atoms with Gasteiger partial charge in [-0.05, 0) is 81.1 Å². The van der Waals surface area contributed by atoms with Crippen LogP contribution >= 0.6 is 11.3 Å². The number of carbonyl (C=O) groups excluding carboxylic acids is 7. The van der Waals surface area contributed by atoms with E-state index in [2.05, 4.69) is 31.6 Å². The van der Waals surface area contributed by atoms with Gasteiger partial charge in [-0.2, -0.15) is 0 Å². The second-order valence-electron chi connectivity index (χ2n) is 18.4. The number of carbonyl (C=O) groups is 8. The fourth-order valence-electron chi connectivity index (χ4n) is 8.23. The highest BCUT2D eigenvalue weighted by molar-refractivity contribution is 7.09. The Morgan fingerprint density at radius 3 is 2.21 bits per heavy atom. The number of nitrogens with zero attached hydrogens (tertiary/aromatic N) is 3. The van der Waals surface area contributed by atoms with Gasteiger partial charge in [0.2, 0.25) is 30.0 Å². The Kier molecular flexibility index (Phi) is 22.9. The van der Waals surface area contributed by atoms with Gasteiger partial charge in [-0.25, -0.2) is 4.98 Å². The maximum atomic E-state index is 14.7. The van der Waals surface area contributed by atoms with Crippen molar-refractivity contribution in [3.8, 4) is 0 Å². The molecule has 18 nitrogen and oxygen atoms in total. The number of amides is 6. The molecule has 1 aromatic carbocycles.